The van der Waals surface area contributed by atoms with Crippen molar-refractivity contribution in [2.24, 2.45) is 0 Å². The molecule has 140 valence electrons. The molecule has 1 aliphatic rings. The van der Waals surface area contributed by atoms with Gasteiger partial charge < -0.3 is 10.2 Å². The Morgan fingerprint density at radius 1 is 1.41 bits per heavy atom. The van der Waals surface area contributed by atoms with Gasteiger partial charge in [-0.1, -0.05) is 45.5 Å². The van der Waals surface area contributed by atoms with Gasteiger partial charge in [0.2, 0.25) is 16.0 Å². The third kappa shape index (κ3) is 3.61. The fraction of sp³-hybridized carbons (Fsp3) is 0.333. The first-order chi connectivity index (χ1) is 13.0. The molecular formula is C18H18BrN5O2S. The van der Waals surface area contributed by atoms with Crippen LogP contribution in [0.2, 0.25) is 0 Å². The van der Waals surface area contributed by atoms with Crippen LogP contribution in [0.25, 0.3) is 4.96 Å². The Balaban J connectivity index is 1.53. The summed E-state index contributed by atoms with van der Waals surface area (Å²) in [6.07, 6.45) is 1.67. The summed E-state index contributed by atoms with van der Waals surface area (Å²) in [5.41, 5.74) is 1.50. The number of aromatic nitrogens is 3. The molecule has 0 spiro atoms. The van der Waals surface area contributed by atoms with Gasteiger partial charge in [-0.05, 0) is 31.4 Å². The number of benzene rings is 1. The number of aryl methyl sites for hydroxylation is 1. The Kier molecular flexibility index (Phi) is 4.96. The number of nitrogens with zero attached hydrogens (tertiary/aromatic N) is 4. The van der Waals surface area contributed by atoms with E-state index < -0.39 is 0 Å². The maximum atomic E-state index is 12.8. The Morgan fingerprint density at radius 2 is 2.22 bits per heavy atom. The van der Waals surface area contributed by atoms with Crippen LogP contribution in [-0.4, -0.2) is 33.1 Å². The maximum Gasteiger partial charge on any atom is 0.275 e. The average molecular weight is 448 g/mol. The number of carbonyl (C=O) groups excluding carboxylic acids is 1. The number of rotatable bonds is 4. The topological polar surface area (TPSA) is 79.6 Å². The second-order valence-electron chi connectivity index (χ2n) is 6.48. The number of anilines is 1. The highest BCUT2D eigenvalue weighted by molar-refractivity contribution is 9.10. The van der Waals surface area contributed by atoms with Gasteiger partial charge in [0.05, 0.1) is 0 Å². The van der Waals surface area contributed by atoms with Crippen molar-refractivity contribution in [1.82, 2.24) is 19.9 Å². The molecule has 2 aromatic heterocycles. The van der Waals surface area contributed by atoms with E-state index in [0.29, 0.717) is 22.3 Å². The summed E-state index contributed by atoms with van der Waals surface area (Å²) in [6, 6.07) is 9.00. The fourth-order valence-electron chi connectivity index (χ4n) is 3.24. The number of hydrogen-bond donors (Lipinski definition) is 1. The largest absolute Gasteiger partial charge is 0.350 e. The highest BCUT2D eigenvalue weighted by atomic mass is 79.9. The standard InChI is InChI=1S/C18H18BrN5O2S/c1-11-9-15(25)24-17(21-11)27-18(22-24)23-8-4-7-14(23)16(26)20-10-12-5-2-3-6-13(12)19/h2-3,5-6,9,14H,4,7-8,10H2,1H3,(H,20,26)/t14-/m0/s1. The van der Waals surface area contributed by atoms with E-state index in [1.54, 1.807) is 6.92 Å². The minimum Gasteiger partial charge on any atom is -0.350 e. The van der Waals surface area contributed by atoms with E-state index >= 15 is 0 Å². The molecule has 1 N–H and O–H groups in total. The summed E-state index contributed by atoms with van der Waals surface area (Å²) in [6.45, 7) is 2.99. The number of hydrogen-bond acceptors (Lipinski definition) is 6. The lowest BCUT2D eigenvalue weighted by atomic mass is 10.2. The van der Waals surface area contributed by atoms with Gasteiger partial charge in [0.25, 0.3) is 5.56 Å². The van der Waals surface area contributed by atoms with Crippen molar-refractivity contribution in [3.05, 3.63) is 56.4 Å². The summed E-state index contributed by atoms with van der Waals surface area (Å²) in [7, 11) is 0. The lowest BCUT2D eigenvalue weighted by Gasteiger charge is -2.22. The van der Waals surface area contributed by atoms with Crippen molar-refractivity contribution in [2.75, 3.05) is 11.4 Å². The quantitative estimate of drug-likeness (QED) is 0.664. The third-order valence-corrected chi connectivity index (χ3v) is 6.29. The Bertz CT molecular complexity index is 1060. The first-order valence-corrected chi connectivity index (χ1v) is 10.3. The van der Waals surface area contributed by atoms with Crippen LogP contribution in [0, 0.1) is 6.92 Å². The molecule has 4 rings (SSSR count). The molecule has 0 radical (unpaired) electrons. The van der Waals surface area contributed by atoms with Crippen LogP contribution >= 0.6 is 27.3 Å². The molecular weight excluding hydrogens is 430 g/mol. The van der Waals surface area contributed by atoms with Gasteiger partial charge in [-0.3, -0.25) is 9.59 Å². The van der Waals surface area contributed by atoms with Crippen LogP contribution in [0.3, 0.4) is 0 Å². The predicted molar refractivity (Wildman–Crippen MR) is 108 cm³/mol. The molecule has 1 atom stereocenters. The van der Waals surface area contributed by atoms with Crippen molar-refractivity contribution in [2.45, 2.75) is 32.4 Å². The van der Waals surface area contributed by atoms with E-state index in [9.17, 15) is 9.59 Å². The average Bonchev–Trinajstić information content (AvgIpc) is 3.27. The highest BCUT2D eigenvalue weighted by Gasteiger charge is 2.33. The molecule has 0 saturated carbocycles. The van der Waals surface area contributed by atoms with Gasteiger partial charge in [-0.25, -0.2) is 4.98 Å². The predicted octanol–water partition coefficient (Wildman–Crippen LogP) is 2.51. The van der Waals surface area contributed by atoms with Gasteiger partial charge >= 0.3 is 0 Å². The van der Waals surface area contributed by atoms with Crippen molar-refractivity contribution < 1.29 is 4.79 Å². The van der Waals surface area contributed by atoms with E-state index in [4.69, 9.17) is 0 Å². The van der Waals surface area contributed by atoms with Crippen LogP contribution in [0.15, 0.2) is 39.6 Å². The van der Waals surface area contributed by atoms with E-state index in [1.165, 1.54) is 21.9 Å². The van der Waals surface area contributed by atoms with E-state index in [0.717, 1.165) is 29.4 Å². The molecule has 1 saturated heterocycles. The minimum absolute atomic E-state index is 0.0287. The number of halogens is 1. The minimum atomic E-state index is -0.287. The lowest BCUT2D eigenvalue weighted by molar-refractivity contribution is -0.122. The molecule has 27 heavy (non-hydrogen) atoms. The first-order valence-electron chi connectivity index (χ1n) is 8.68. The number of amides is 1. The maximum absolute atomic E-state index is 12.8. The summed E-state index contributed by atoms with van der Waals surface area (Å²) in [4.78, 5) is 31.8. The van der Waals surface area contributed by atoms with Crippen LogP contribution in [0.1, 0.15) is 24.1 Å². The van der Waals surface area contributed by atoms with Crippen LogP contribution in [0.5, 0.6) is 0 Å². The summed E-state index contributed by atoms with van der Waals surface area (Å²) in [5, 5.41) is 8.07. The van der Waals surface area contributed by atoms with Crippen LogP contribution in [0.4, 0.5) is 5.13 Å². The number of fused-ring (bicyclic) bond motifs is 1. The summed E-state index contributed by atoms with van der Waals surface area (Å²) in [5.74, 6) is -0.0287. The Labute approximate surface area is 168 Å². The fourth-order valence-corrected chi connectivity index (χ4v) is 4.69. The molecule has 0 aliphatic carbocycles. The summed E-state index contributed by atoms with van der Waals surface area (Å²) >= 11 is 4.84. The molecule has 1 fully saturated rings. The molecule has 0 bridgehead atoms. The SMILES string of the molecule is Cc1cc(=O)n2nc(N3CCC[C@H]3C(=O)NCc3ccccc3Br)sc2n1. The third-order valence-electron chi connectivity index (χ3n) is 4.57. The second-order valence-corrected chi connectivity index (χ2v) is 8.26. The van der Waals surface area contributed by atoms with Crippen LogP contribution in [-0.2, 0) is 11.3 Å². The first kappa shape index (κ1) is 18.1. The van der Waals surface area contributed by atoms with E-state index in [-0.39, 0.29) is 17.5 Å². The Hall–Kier alpha value is -2.26. The van der Waals surface area contributed by atoms with Gasteiger partial charge in [-0.2, -0.15) is 4.52 Å². The zero-order chi connectivity index (χ0) is 19.0. The monoisotopic (exact) mass is 447 g/mol. The van der Waals surface area contributed by atoms with Crippen molar-refractivity contribution >= 4 is 43.3 Å². The molecule has 1 aliphatic heterocycles. The summed E-state index contributed by atoms with van der Waals surface area (Å²) < 4.78 is 2.28. The van der Waals surface area contributed by atoms with Gasteiger partial charge in [-0.15, -0.1) is 5.10 Å². The zero-order valence-corrected chi connectivity index (χ0v) is 17.1. The highest BCUT2D eigenvalue weighted by Crippen LogP contribution is 2.29. The zero-order valence-electron chi connectivity index (χ0n) is 14.7. The Morgan fingerprint density at radius 3 is 3.04 bits per heavy atom. The van der Waals surface area contributed by atoms with Crippen molar-refractivity contribution in [3.63, 3.8) is 0 Å². The number of carbonyl (C=O) groups is 1. The van der Waals surface area contributed by atoms with Crippen molar-refractivity contribution in [3.8, 4) is 0 Å². The van der Waals surface area contributed by atoms with Crippen LogP contribution < -0.4 is 15.8 Å². The molecule has 1 aromatic carbocycles. The van der Waals surface area contributed by atoms with Gasteiger partial charge in [0.1, 0.15) is 6.04 Å². The van der Waals surface area contributed by atoms with Crippen molar-refractivity contribution in [1.29, 1.82) is 0 Å². The molecule has 7 nitrogen and oxygen atoms in total. The molecule has 0 unspecified atom stereocenters. The number of nitrogens with one attached hydrogen (secondary N) is 1. The van der Waals surface area contributed by atoms with E-state index in [2.05, 4.69) is 31.3 Å². The van der Waals surface area contributed by atoms with Gasteiger partial charge in [0, 0.05) is 29.3 Å². The molecule has 3 heterocycles. The second kappa shape index (κ2) is 7.40. The molecule has 9 heteroatoms. The normalized spacial score (nSPS) is 16.8. The smallest absolute Gasteiger partial charge is 0.275 e. The van der Waals surface area contributed by atoms with Gasteiger partial charge in [0.15, 0.2) is 0 Å². The lowest BCUT2D eigenvalue weighted by Crippen LogP contribution is -2.43. The molecule has 3 aromatic rings. The molecule has 1 amide bonds. The van der Waals surface area contributed by atoms with E-state index in [1.807, 2.05) is 29.2 Å².